The molecule has 0 aliphatic rings. The molecule has 174 valence electrons. The van der Waals surface area contributed by atoms with Crippen LogP contribution in [0.15, 0.2) is 47.6 Å². The van der Waals surface area contributed by atoms with Crippen LogP contribution in [0.2, 0.25) is 0 Å². The zero-order chi connectivity index (χ0) is 23.5. The number of methoxy groups -OCH3 is 1. The minimum atomic E-state index is 0.150. The fraction of sp³-hybridized carbons (Fsp3) is 0.417. The van der Waals surface area contributed by atoms with Gasteiger partial charge in [-0.3, -0.25) is 4.79 Å². The number of ether oxygens (including phenoxy) is 1. The predicted molar refractivity (Wildman–Crippen MR) is 132 cm³/mol. The van der Waals surface area contributed by atoms with Crippen molar-refractivity contribution in [2.45, 2.75) is 32.6 Å². The molecule has 7 nitrogen and oxygen atoms in total. The molecule has 8 heteroatoms. The van der Waals surface area contributed by atoms with Gasteiger partial charge in [0.25, 0.3) is 0 Å². The van der Waals surface area contributed by atoms with E-state index in [2.05, 4.69) is 32.9 Å². The number of unbranched alkanes of at least 4 members (excludes halogenated alkanes) is 1. The average Bonchev–Trinajstić information content (AvgIpc) is 3.11. The van der Waals surface area contributed by atoms with Gasteiger partial charge in [0.05, 0.1) is 16.4 Å². The van der Waals surface area contributed by atoms with E-state index in [0.29, 0.717) is 37.3 Å². The lowest BCUT2D eigenvalue weighted by atomic mass is 10.1. The maximum atomic E-state index is 12.2. The Morgan fingerprint density at radius 3 is 2.75 bits per heavy atom. The van der Waals surface area contributed by atoms with Crippen LogP contribution in [-0.2, 0) is 9.53 Å². The van der Waals surface area contributed by atoms with E-state index in [1.165, 1.54) is 0 Å². The van der Waals surface area contributed by atoms with Gasteiger partial charge in [0, 0.05) is 45.8 Å². The van der Waals surface area contributed by atoms with Crippen LogP contribution < -0.4 is 5.32 Å². The van der Waals surface area contributed by atoms with E-state index in [1.54, 1.807) is 35.0 Å². The van der Waals surface area contributed by atoms with E-state index in [4.69, 9.17) is 4.74 Å². The summed E-state index contributed by atoms with van der Waals surface area (Å²) < 4.78 is 7.72. The molecule has 0 saturated heterocycles. The van der Waals surface area contributed by atoms with Gasteiger partial charge in [-0.05, 0) is 59.8 Å². The number of hydrogen-bond acceptors (Lipinski definition) is 5. The second kappa shape index (κ2) is 13.1. The number of amides is 1. The minimum Gasteiger partial charge on any atom is -0.507 e. The molecule has 0 unspecified atom stereocenters. The lowest BCUT2D eigenvalue weighted by Crippen LogP contribution is -2.30. The van der Waals surface area contributed by atoms with Crippen LogP contribution >= 0.6 is 15.9 Å². The summed E-state index contributed by atoms with van der Waals surface area (Å²) in [4.78, 5) is 14.0. The van der Waals surface area contributed by atoms with Crippen molar-refractivity contribution < 1.29 is 14.6 Å². The Bertz CT molecular complexity index is 939. The molecule has 1 aromatic carbocycles. The first-order valence-electron chi connectivity index (χ1n) is 10.7. The number of benzene rings is 1. The first-order valence-corrected chi connectivity index (χ1v) is 11.5. The SMILES string of the molecule is C=C(/C=C(/NCCCN(C)C(=O)CCCCOC)n1ncc(Br)c1C)c1ccccc1O. The summed E-state index contributed by atoms with van der Waals surface area (Å²) in [6, 6.07) is 7.10. The lowest BCUT2D eigenvalue weighted by molar-refractivity contribution is -0.130. The summed E-state index contributed by atoms with van der Waals surface area (Å²) >= 11 is 3.50. The van der Waals surface area contributed by atoms with Crippen molar-refractivity contribution in [1.82, 2.24) is 20.0 Å². The number of para-hydroxylation sites is 1. The molecule has 0 aliphatic carbocycles. The normalized spacial score (nSPS) is 11.4. The van der Waals surface area contributed by atoms with E-state index < -0.39 is 0 Å². The maximum Gasteiger partial charge on any atom is 0.222 e. The largest absolute Gasteiger partial charge is 0.507 e. The van der Waals surface area contributed by atoms with Crippen molar-refractivity contribution in [2.75, 3.05) is 33.9 Å². The number of rotatable bonds is 13. The number of nitrogens with zero attached hydrogens (tertiary/aromatic N) is 3. The molecule has 0 saturated carbocycles. The van der Waals surface area contributed by atoms with Crippen molar-refractivity contribution in [3.63, 3.8) is 0 Å². The first kappa shape index (κ1) is 25.7. The standard InChI is InChI=1S/C24H33BrN4O3/c1-18(20-10-5-6-11-22(20)30)16-23(29-19(2)21(25)17-27-29)26-13-9-14-28(3)24(31)12-7-8-15-32-4/h5-6,10-11,16-17,26,30H,1,7-9,12-15H2,2-4H3/b23-16-. The third kappa shape index (κ3) is 7.53. The summed E-state index contributed by atoms with van der Waals surface area (Å²) in [7, 11) is 3.51. The maximum absolute atomic E-state index is 12.2. The van der Waals surface area contributed by atoms with Gasteiger partial charge in [0.1, 0.15) is 11.6 Å². The van der Waals surface area contributed by atoms with Crippen LogP contribution in [0, 0.1) is 6.92 Å². The van der Waals surface area contributed by atoms with Gasteiger partial charge in [0.15, 0.2) is 0 Å². The highest BCUT2D eigenvalue weighted by Gasteiger charge is 2.12. The molecular formula is C24H33BrN4O3. The van der Waals surface area contributed by atoms with Crippen LogP contribution in [0.5, 0.6) is 5.75 Å². The number of halogens is 1. The van der Waals surface area contributed by atoms with E-state index in [0.717, 1.165) is 35.3 Å². The number of aromatic nitrogens is 2. The third-order valence-electron chi connectivity index (χ3n) is 5.13. The Morgan fingerprint density at radius 2 is 2.09 bits per heavy atom. The molecule has 0 bridgehead atoms. The molecule has 0 spiro atoms. The predicted octanol–water partition coefficient (Wildman–Crippen LogP) is 4.43. The van der Waals surface area contributed by atoms with Crippen molar-refractivity contribution in [2.24, 2.45) is 0 Å². The van der Waals surface area contributed by atoms with Gasteiger partial charge in [0.2, 0.25) is 5.91 Å². The molecule has 32 heavy (non-hydrogen) atoms. The lowest BCUT2D eigenvalue weighted by Gasteiger charge is -2.19. The fourth-order valence-electron chi connectivity index (χ4n) is 3.18. The number of phenols is 1. The Morgan fingerprint density at radius 1 is 1.34 bits per heavy atom. The number of phenolic OH excluding ortho intramolecular Hbond substituents is 1. The number of hydrogen-bond donors (Lipinski definition) is 2. The summed E-state index contributed by atoms with van der Waals surface area (Å²) in [6.07, 6.45) is 6.66. The van der Waals surface area contributed by atoms with Crippen LogP contribution in [-0.4, -0.2) is 59.5 Å². The van der Waals surface area contributed by atoms with Gasteiger partial charge >= 0.3 is 0 Å². The number of nitrogens with one attached hydrogen (secondary N) is 1. The zero-order valence-electron chi connectivity index (χ0n) is 19.1. The number of aromatic hydroxyl groups is 1. The van der Waals surface area contributed by atoms with E-state index in [9.17, 15) is 9.90 Å². The second-order valence-corrected chi connectivity index (χ2v) is 8.46. The Hall–Kier alpha value is -2.58. The highest BCUT2D eigenvalue weighted by molar-refractivity contribution is 9.10. The van der Waals surface area contributed by atoms with Gasteiger partial charge in [-0.25, -0.2) is 4.68 Å². The van der Waals surface area contributed by atoms with Crippen molar-refractivity contribution in [3.05, 3.63) is 58.8 Å². The molecule has 2 N–H and O–H groups in total. The highest BCUT2D eigenvalue weighted by Crippen LogP contribution is 2.26. The summed E-state index contributed by atoms with van der Waals surface area (Å²) in [5.74, 6) is 1.07. The summed E-state index contributed by atoms with van der Waals surface area (Å²) in [5, 5.41) is 18.0. The Kier molecular flexibility index (Phi) is 10.5. The quantitative estimate of drug-likeness (QED) is 0.311. The van der Waals surface area contributed by atoms with Crippen LogP contribution in [0.25, 0.3) is 11.4 Å². The fourth-order valence-corrected chi connectivity index (χ4v) is 3.44. The van der Waals surface area contributed by atoms with E-state index >= 15 is 0 Å². The van der Waals surface area contributed by atoms with E-state index in [1.807, 2.05) is 32.2 Å². The number of carbonyl (C=O) groups excluding carboxylic acids is 1. The molecule has 0 fully saturated rings. The molecule has 0 radical (unpaired) electrons. The number of allylic oxidation sites excluding steroid dienone is 2. The van der Waals surface area contributed by atoms with Crippen LogP contribution in [0.1, 0.15) is 36.9 Å². The zero-order valence-corrected chi connectivity index (χ0v) is 20.7. The first-order chi connectivity index (χ1) is 15.3. The average molecular weight is 505 g/mol. The summed E-state index contributed by atoms with van der Waals surface area (Å²) in [6.45, 7) is 8.08. The van der Waals surface area contributed by atoms with Gasteiger partial charge < -0.3 is 20.1 Å². The van der Waals surface area contributed by atoms with Crippen molar-refractivity contribution in [3.8, 4) is 5.75 Å². The van der Waals surface area contributed by atoms with Gasteiger partial charge in [-0.2, -0.15) is 5.10 Å². The Labute approximate surface area is 198 Å². The molecular weight excluding hydrogens is 472 g/mol. The summed E-state index contributed by atoms with van der Waals surface area (Å²) in [5.41, 5.74) is 2.27. The molecule has 2 aromatic rings. The highest BCUT2D eigenvalue weighted by atomic mass is 79.9. The topological polar surface area (TPSA) is 79.6 Å². The monoisotopic (exact) mass is 504 g/mol. The van der Waals surface area contributed by atoms with Crippen molar-refractivity contribution >= 4 is 33.2 Å². The Balaban J connectivity index is 1.99. The van der Waals surface area contributed by atoms with E-state index in [-0.39, 0.29) is 11.7 Å². The minimum absolute atomic E-state index is 0.150. The molecule has 2 rings (SSSR count). The smallest absolute Gasteiger partial charge is 0.222 e. The van der Waals surface area contributed by atoms with Gasteiger partial charge in [-0.15, -0.1) is 0 Å². The third-order valence-corrected chi connectivity index (χ3v) is 5.91. The van der Waals surface area contributed by atoms with Crippen molar-refractivity contribution in [1.29, 1.82) is 0 Å². The number of carbonyl (C=O) groups is 1. The van der Waals surface area contributed by atoms with Gasteiger partial charge in [-0.1, -0.05) is 24.8 Å². The van der Waals surface area contributed by atoms with Crippen LogP contribution in [0.4, 0.5) is 0 Å². The molecule has 1 aromatic heterocycles. The second-order valence-electron chi connectivity index (χ2n) is 7.61. The molecule has 0 aliphatic heterocycles. The molecule has 1 amide bonds. The van der Waals surface area contributed by atoms with Crippen LogP contribution in [0.3, 0.4) is 0 Å². The molecule has 0 atom stereocenters. The molecule has 1 heterocycles.